The van der Waals surface area contributed by atoms with E-state index in [0.29, 0.717) is 5.75 Å². The quantitative estimate of drug-likeness (QED) is 0.741. The van der Waals surface area contributed by atoms with Gasteiger partial charge in [0.1, 0.15) is 5.75 Å². The molecule has 0 atom stereocenters. The Kier molecular flexibility index (Phi) is 5.37. The van der Waals surface area contributed by atoms with Crippen LogP contribution in [0.4, 0.5) is 5.69 Å². The maximum Gasteiger partial charge on any atom is 0.337 e. The van der Waals surface area contributed by atoms with Crippen molar-refractivity contribution in [3.05, 3.63) is 57.2 Å². The zero-order valence-electron chi connectivity index (χ0n) is 11.8. The molecule has 0 aliphatic heterocycles. The van der Waals surface area contributed by atoms with Crippen LogP contribution in [0.2, 0.25) is 0 Å². The largest absolute Gasteiger partial charge is 0.484 e. The molecule has 0 unspecified atom stereocenters. The van der Waals surface area contributed by atoms with Crippen molar-refractivity contribution in [1.82, 2.24) is 0 Å². The van der Waals surface area contributed by atoms with E-state index in [1.54, 1.807) is 31.2 Å². The molecule has 114 valence electrons. The van der Waals surface area contributed by atoms with Gasteiger partial charge in [0, 0.05) is 3.57 Å². The molecular weight excluding hydrogens is 397 g/mol. The highest BCUT2D eigenvalue weighted by molar-refractivity contribution is 14.1. The number of benzene rings is 2. The fourth-order valence-corrected chi connectivity index (χ4v) is 2.17. The molecule has 0 spiro atoms. The number of aromatic carboxylic acids is 1. The molecule has 5 nitrogen and oxygen atoms in total. The van der Waals surface area contributed by atoms with Gasteiger partial charge in [-0.05, 0) is 65.9 Å². The lowest BCUT2D eigenvalue weighted by Gasteiger charge is -2.10. The first kappa shape index (κ1) is 16.3. The predicted molar refractivity (Wildman–Crippen MR) is 91.4 cm³/mol. The summed E-state index contributed by atoms with van der Waals surface area (Å²) in [6, 6.07) is 12.1. The molecule has 0 saturated heterocycles. The molecule has 2 aromatic rings. The highest BCUT2D eigenvalue weighted by atomic mass is 127. The van der Waals surface area contributed by atoms with Crippen LogP contribution in [0.3, 0.4) is 0 Å². The highest BCUT2D eigenvalue weighted by Gasteiger charge is 2.13. The van der Waals surface area contributed by atoms with E-state index in [-0.39, 0.29) is 17.9 Å². The Morgan fingerprint density at radius 1 is 1.18 bits per heavy atom. The first-order valence-corrected chi connectivity index (χ1v) is 7.56. The molecule has 0 aliphatic carbocycles. The number of amides is 1. The van der Waals surface area contributed by atoms with E-state index < -0.39 is 11.9 Å². The van der Waals surface area contributed by atoms with Crippen LogP contribution in [0.15, 0.2) is 42.5 Å². The molecule has 2 aromatic carbocycles. The van der Waals surface area contributed by atoms with E-state index in [1.165, 1.54) is 6.07 Å². The standard InChI is InChI=1S/C16H14INO4/c1-10-2-7-14(13(8-10)16(20)21)18-15(19)9-22-12-5-3-11(17)4-6-12/h2-8H,9H2,1H3,(H,18,19)(H,20,21). The molecule has 22 heavy (non-hydrogen) atoms. The van der Waals surface area contributed by atoms with Crippen LogP contribution in [-0.4, -0.2) is 23.6 Å². The molecule has 0 aromatic heterocycles. The fraction of sp³-hybridized carbons (Fsp3) is 0.125. The van der Waals surface area contributed by atoms with Crippen LogP contribution in [-0.2, 0) is 4.79 Å². The number of ether oxygens (including phenoxy) is 1. The molecule has 0 radical (unpaired) electrons. The van der Waals surface area contributed by atoms with Crippen LogP contribution in [0.1, 0.15) is 15.9 Å². The van der Waals surface area contributed by atoms with Gasteiger partial charge in [0.2, 0.25) is 0 Å². The number of carbonyl (C=O) groups is 2. The summed E-state index contributed by atoms with van der Waals surface area (Å²) in [6.45, 7) is 1.60. The summed E-state index contributed by atoms with van der Waals surface area (Å²) in [5.41, 5.74) is 1.13. The number of rotatable bonds is 5. The third-order valence-electron chi connectivity index (χ3n) is 2.86. The fourth-order valence-electron chi connectivity index (χ4n) is 1.81. The lowest BCUT2D eigenvalue weighted by atomic mass is 10.1. The second-order valence-electron chi connectivity index (χ2n) is 4.64. The number of carboxylic acids is 1. The Labute approximate surface area is 141 Å². The minimum Gasteiger partial charge on any atom is -0.484 e. The average molecular weight is 411 g/mol. The first-order chi connectivity index (χ1) is 10.5. The molecule has 0 aliphatic rings. The van der Waals surface area contributed by atoms with Crippen LogP contribution in [0.5, 0.6) is 5.75 Å². The summed E-state index contributed by atoms with van der Waals surface area (Å²) < 4.78 is 6.43. The number of hydrogen-bond acceptors (Lipinski definition) is 3. The average Bonchev–Trinajstić information content (AvgIpc) is 2.48. The lowest BCUT2D eigenvalue weighted by Crippen LogP contribution is -2.21. The molecule has 0 saturated carbocycles. The number of nitrogens with one attached hydrogen (secondary N) is 1. The van der Waals surface area contributed by atoms with Gasteiger partial charge in [-0.25, -0.2) is 4.79 Å². The Morgan fingerprint density at radius 2 is 1.86 bits per heavy atom. The summed E-state index contributed by atoms with van der Waals surface area (Å²) in [5.74, 6) is -0.916. The van der Waals surface area contributed by atoms with Gasteiger partial charge in [0.05, 0.1) is 11.3 Å². The van der Waals surface area contributed by atoms with E-state index in [9.17, 15) is 9.59 Å². The van der Waals surface area contributed by atoms with Gasteiger partial charge < -0.3 is 15.2 Å². The lowest BCUT2D eigenvalue weighted by molar-refractivity contribution is -0.118. The zero-order valence-corrected chi connectivity index (χ0v) is 14.0. The van der Waals surface area contributed by atoms with Gasteiger partial charge in [-0.15, -0.1) is 0 Å². The van der Waals surface area contributed by atoms with Crippen molar-refractivity contribution in [1.29, 1.82) is 0 Å². The van der Waals surface area contributed by atoms with E-state index in [0.717, 1.165) is 9.13 Å². The van der Waals surface area contributed by atoms with Crippen molar-refractivity contribution in [3.63, 3.8) is 0 Å². The van der Waals surface area contributed by atoms with Gasteiger partial charge in [0.25, 0.3) is 5.91 Å². The SMILES string of the molecule is Cc1ccc(NC(=O)COc2ccc(I)cc2)c(C(=O)O)c1. The van der Waals surface area contributed by atoms with E-state index >= 15 is 0 Å². The first-order valence-electron chi connectivity index (χ1n) is 6.48. The van der Waals surface area contributed by atoms with Crippen LogP contribution >= 0.6 is 22.6 Å². The van der Waals surface area contributed by atoms with E-state index in [2.05, 4.69) is 27.9 Å². The van der Waals surface area contributed by atoms with Crippen molar-refractivity contribution in [2.45, 2.75) is 6.92 Å². The van der Waals surface area contributed by atoms with Crippen LogP contribution in [0.25, 0.3) is 0 Å². The third kappa shape index (κ3) is 4.45. The number of halogens is 1. The predicted octanol–water partition coefficient (Wildman–Crippen LogP) is 3.32. The van der Waals surface area contributed by atoms with Crippen LogP contribution in [0, 0.1) is 10.5 Å². The number of hydrogen-bond donors (Lipinski definition) is 2. The molecule has 0 fully saturated rings. The van der Waals surface area contributed by atoms with Gasteiger partial charge in [-0.2, -0.15) is 0 Å². The Bertz CT molecular complexity index is 698. The maximum absolute atomic E-state index is 11.9. The molecular formula is C16H14INO4. The van der Waals surface area contributed by atoms with Crippen molar-refractivity contribution in [2.75, 3.05) is 11.9 Å². The Morgan fingerprint density at radius 3 is 2.50 bits per heavy atom. The summed E-state index contributed by atoms with van der Waals surface area (Å²) in [7, 11) is 0. The summed E-state index contributed by atoms with van der Waals surface area (Å²) in [6.07, 6.45) is 0. The Hall–Kier alpha value is -2.09. The van der Waals surface area contributed by atoms with Crippen molar-refractivity contribution in [2.24, 2.45) is 0 Å². The maximum atomic E-state index is 11.9. The van der Waals surface area contributed by atoms with Crippen molar-refractivity contribution >= 4 is 40.2 Å². The molecule has 2 rings (SSSR count). The van der Waals surface area contributed by atoms with Gasteiger partial charge in [-0.1, -0.05) is 11.6 Å². The second-order valence-corrected chi connectivity index (χ2v) is 5.89. The van der Waals surface area contributed by atoms with Crippen molar-refractivity contribution in [3.8, 4) is 5.75 Å². The highest BCUT2D eigenvalue weighted by Crippen LogP contribution is 2.18. The molecule has 6 heteroatoms. The summed E-state index contributed by atoms with van der Waals surface area (Å²) in [4.78, 5) is 23.1. The Balaban J connectivity index is 2.00. The van der Waals surface area contributed by atoms with Gasteiger partial charge >= 0.3 is 5.97 Å². The smallest absolute Gasteiger partial charge is 0.337 e. The topological polar surface area (TPSA) is 75.6 Å². The minimum absolute atomic E-state index is 0.0580. The number of aryl methyl sites for hydroxylation is 1. The second kappa shape index (κ2) is 7.26. The normalized spacial score (nSPS) is 10.1. The zero-order chi connectivity index (χ0) is 16.1. The number of carboxylic acid groups (broad SMARTS) is 1. The molecule has 1 amide bonds. The minimum atomic E-state index is -1.09. The number of carbonyl (C=O) groups excluding carboxylic acids is 1. The monoisotopic (exact) mass is 411 g/mol. The number of anilines is 1. The molecule has 0 bridgehead atoms. The van der Waals surface area contributed by atoms with E-state index in [1.807, 2.05) is 12.1 Å². The van der Waals surface area contributed by atoms with E-state index in [4.69, 9.17) is 9.84 Å². The molecule has 2 N–H and O–H groups in total. The van der Waals surface area contributed by atoms with Crippen molar-refractivity contribution < 1.29 is 19.4 Å². The van der Waals surface area contributed by atoms with Gasteiger partial charge in [-0.3, -0.25) is 4.79 Å². The van der Waals surface area contributed by atoms with Crippen LogP contribution < -0.4 is 10.1 Å². The summed E-state index contributed by atoms with van der Waals surface area (Å²) in [5, 5.41) is 11.7. The third-order valence-corrected chi connectivity index (χ3v) is 3.58. The molecule has 0 heterocycles. The van der Waals surface area contributed by atoms with Gasteiger partial charge in [0.15, 0.2) is 6.61 Å². The summed E-state index contributed by atoms with van der Waals surface area (Å²) >= 11 is 2.18.